The van der Waals surface area contributed by atoms with Gasteiger partial charge in [-0.2, -0.15) is 0 Å². The highest BCUT2D eigenvalue weighted by atomic mass is 32.1. The zero-order valence-electron chi connectivity index (χ0n) is 13.4. The van der Waals surface area contributed by atoms with Crippen LogP contribution in [0.1, 0.15) is 30.5 Å². The molecule has 2 aliphatic rings. The summed E-state index contributed by atoms with van der Waals surface area (Å²) in [6.45, 7) is 9.42. The summed E-state index contributed by atoms with van der Waals surface area (Å²) in [5.41, 5.74) is 0.582. The van der Waals surface area contributed by atoms with Crippen molar-refractivity contribution in [1.29, 1.82) is 0 Å². The minimum absolute atomic E-state index is 0.229. The molecule has 3 heterocycles. The van der Waals surface area contributed by atoms with Crippen molar-refractivity contribution < 1.29 is 9.90 Å². The Hall–Kier alpha value is -0.980. The van der Waals surface area contributed by atoms with Gasteiger partial charge < -0.3 is 10.0 Å². The van der Waals surface area contributed by atoms with E-state index in [0.29, 0.717) is 6.54 Å². The molecule has 0 amide bonds. The van der Waals surface area contributed by atoms with Crippen LogP contribution in [0.25, 0.3) is 0 Å². The van der Waals surface area contributed by atoms with Gasteiger partial charge in [0.1, 0.15) is 0 Å². The van der Waals surface area contributed by atoms with Crippen LogP contribution in [-0.2, 0) is 11.3 Å². The summed E-state index contributed by atoms with van der Waals surface area (Å²) in [7, 11) is 0. The highest BCUT2D eigenvalue weighted by Gasteiger charge is 2.52. The van der Waals surface area contributed by atoms with Gasteiger partial charge in [-0.1, -0.05) is 6.92 Å². The van der Waals surface area contributed by atoms with Gasteiger partial charge in [0.2, 0.25) is 0 Å². The summed E-state index contributed by atoms with van der Waals surface area (Å²) in [5.74, 6) is -0.369. The topological polar surface area (TPSA) is 56.7 Å². The molecule has 0 spiro atoms. The van der Waals surface area contributed by atoms with E-state index >= 15 is 0 Å². The lowest BCUT2D eigenvalue weighted by atomic mass is 9.75. The number of thiazole rings is 1. The Kier molecular flexibility index (Phi) is 4.52. The van der Waals surface area contributed by atoms with Crippen LogP contribution in [0.2, 0.25) is 0 Å². The van der Waals surface area contributed by atoms with Crippen molar-refractivity contribution in [1.82, 2.24) is 14.8 Å². The maximum absolute atomic E-state index is 12.0. The van der Waals surface area contributed by atoms with E-state index in [4.69, 9.17) is 0 Å². The number of carbonyl (C=O) groups is 1. The molecule has 0 aliphatic carbocycles. The molecule has 1 aromatic heterocycles. The van der Waals surface area contributed by atoms with E-state index in [1.807, 2.05) is 6.92 Å². The molecular formula is C16H25N3O2S. The van der Waals surface area contributed by atoms with Crippen molar-refractivity contribution in [3.05, 3.63) is 16.1 Å². The highest BCUT2D eigenvalue weighted by molar-refractivity contribution is 7.09. The van der Waals surface area contributed by atoms with Gasteiger partial charge >= 0.3 is 5.97 Å². The Labute approximate surface area is 135 Å². The fourth-order valence-electron chi connectivity index (χ4n) is 4.06. The fourth-order valence-corrected chi connectivity index (χ4v) is 4.66. The Morgan fingerprint density at radius 3 is 2.91 bits per heavy atom. The third kappa shape index (κ3) is 2.92. The zero-order chi connectivity index (χ0) is 15.7. The van der Waals surface area contributed by atoms with Crippen LogP contribution in [-0.4, -0.2) is 58.6 Å². The Morgan fingerprint density at radius 1 is 1.50 bits per heavy atom. The van der Waals surface area contributed by atoms with Crippen LogP contribution in [0.5, 0.6) is 0 Å². The highest BCUT2D eigenvalue weighted by Crippen LogP contribution is 2.43. The van der Waals surface area contributed by atoms with Crippen molar-refractivity contribution >= 4 is 17.3 Å². The Bertz CT molecular complexity index is 547. The molecule has 2 saturated heterocycles. The number of hydrogen-bond acceptors (Lipinski definition) is 5. The first-order valence-corrected chi connectivity index (χ1v) is 9.00. The summed E-state index contributed by atoms with van der Waals surface area (Å²) in [5, 5.41) is 13.1. The van der Waals surface area contributed by atoms with Crippen molar-refractivity contribution in [2.24, 2.45) is 11.3 Å². The molecule has 1 N–H and O–H groups in total. The van der Waals surface area contributed by atoms with Gasteiger partial charge in [0, 0.05) is 37.5 Å². The third-order valence-corrected chi connectivity index (χ3v) is 6.09. The number of carboxylic acids is 1. The fraction of sp³-hybridized carbons (Fsp3) is 0.750. The number of aromatic nitrogens is 1. The summed E-state index contributed by atoms with van der Waals surface area (Å²) >= 11 is 1.69. The maximum atomic E-state index is 12.0. The van der Waals surface area contributed by atoms with E-state index in [1.165, 1.54) is 0 Å². The molecule has 0 bridgehead atoms. The lowest BCUT2D eigenvalue weighted by Crippen LogP contribution is -2.41. The molecule has 2 atom stereocenters. The second-order valence-corrected chi connectivity index (χ2v) is 7.74. The largest absolute Gasteiger partial charge is 0.481 e. The molecule has 3 rings (SSSR count). The maximum Gasteiger partial charge on any atom is 0.311 e. The number of aryl methyl sites for hydroxylation is 1. The normalized spacial score (nSPS) is 30.2. The monoisotopic (exact) mass is 323 g/mol. The first kappa shape index (κ1) is 15.9. The first-order chi connectivity index (χ1) is 10.5. The quantitative estimate of drug-likeness (QED) is 0.919. The van der Waals surface area contributed by atoms with Gasteiger partial charge in [0.15, 0.2) is 0 Å². The van der Waals surface area contributed by atoms with E-state index < -0.39 is 11.4 Å². The molecule has 2 fully saturated rings. The molecule has 1 aromatic rings. The lowest BCUT2D eigenvalue weighted by Gasteiger charge is -2.29. The molecule has 22 heavy (non-hydrogen) atoms. The van der Waals surface area contributed by atoms with E-state index in [9.17, 15) is 9.90 Å². The molecule has 0 saturated carbocycles. The third-order valence-electron chi connectivity index (χ3n) is 5.27. The molecule has 0 aromatic carbocycles. The first-order valence-electron chi connectivity index (χ1n) is 8.12. The van der Waals surface area contributed by atoms with Crippen LogP contribution in [0, 0.1) is 18.3 Å². The summed E-state index contributed by atoms with van der Waals surface area (Å²) in [6, 6.07) is 0. The summed E-state index contributed by atoms with van der Waals surface area (Å²) in [6.07, 6.45) is 1.76. The van der Waals surface area contributed by atoms with Gasteiger partial charge in [-0.3, -0.25) is 9.69 Å². The Morgan fingerprint density at radius 2 is 2.27 bits per heavy atom. The van der Waals surface area contributed by atoms with Crippen LogP contribution >= 0.6 is 11.3 Å². The second kappa shape index (κ2) is 6.26. The summed E-state index contributed by atoms with van der Waals surface area (Å²) < 4.78 is 0. The standard InChI is InChI=1S/C16H25N3O2S/c1-3-18-7-13-8-19(9-14-10-22-12(2)17-14)6-4-5-16(13,11-18)15(20)21/h10,13H,3-9,11H2,1-2H3,(H,20,21)/t13-,16+/m1/s1. The van der Waals surface area contributed by atoms with E-state index in [2.05, 4.69) is 27.1 Å². The molecule has 122 valence electrons. The molecular weight excluding hydrogens is 298 g/mol. The number of fused-ring (bicyclic) bond motifs is 1. The number of nitrogens with zero attached hydrogens (tertiary/aromatic N) is 3. The number of aliphatic carboxylic acids is 1. The van der Waals surface area contributed by atoms with Gasteiger partial charge in [-0.05, 0) is 32.9 Å². The van der Waals surface area contributed by atoms with Crippen molar-refractivity contribution in [2.75, 3.05) is 32.7 Å². The van der Waals surface area contributed by atoms with Crippen LogP contribution in [0.15, 0.2) is 5.38 Å². The van der Waals surface area contributed by atoms with Gasteiger partial charge in [-0.25, -0.2) is 4.98 Å². The average Bonchev–Trinajstić information content (AvgIpc) is 2.99. The number of carboxylic acid groups (broad SMARTS) is 1. The van der Waals surface area contributed by atoms with Crippen LogP contribution < -0.4 is 0 Å². The predicted octanol–water partition coefficient (Wildman–Crippen LogP) is 2.07. The number of hydrogen-bond donors (Lipinski definition) is 1. The SMILES string of the molecule is CCN1C[C@@H]2CN(Cc3csc(C)n3)CCC[C@]2(C(=O)O)C1. The van der Waals surface area contributed by atoms with Gasteiger partial charge in [-0.15, -0.1) is 11.3 Å². The van der Waals surface area contributed by atoms with Gasteiger partial charge in [0.05, 0.1) is 16.1 Å². The molecule has 6 heteroatoms. The lowest BCUT2D eigenvalue weighted by molar-refractivity contribution is -0.151. The number of rotatable bonds is 4. The van der Waals surface area contributed by atoms with Crippen molar-refractivity contribution in [3.8, 4) is 0 Å². The zero-order valence-corrected chi connectivity index (χ0v) is 14.2. The van der Waals surface area contributed by atoms with Crippen LogP contribution in [0.3, 0.4) is 0 Å². The molecule has 0 unspecified atom stereocenters. The molecule has 2 aliphatic heterocycles. The summed E-state index contributed by atoms with van der Waals surface area (Å²) in [4.78, 5) is 21.2. The average molecular weight is 323 g/mol. The Balaban J connectivity index is 1.75. The number of likely N-dealkylation sites (tertiary alicyclic amines) is 2. The second-order valence-electron chi connectivity index (χ2n) is 6.68. The van der Waals surface area contributed by atoms with Crippen LogP contribution in [0.4, 0.5) is 0 Å². The van der Waals surface area contributed by atoms with E-state index in [0.717, 1.165) is 56.3 Å². The predicted molar refractivity (Wildman–Crippen MR) is 87.0 cm³/mol. The smallest absolute Gasteiger partial charge is 0.311 e. The minimum Gasteiger partial charge on any atom is -0.481 e. The van der Waals surface area contributed by atoms with E-state index in [1.54, 1.807) is 11.3 Å². The minimum atomic E-state index is -0.597. The van der Waals surface area contributed by atoms with Crippen molar-refractivity contribution in [3.63, 3.8) is 0 Å². The van der Waals surface area contributed by atoms with Gasteiger partial charge in [0.25, 0.3) is 0 Å². The van der Waals surface area contributed by atoms with E-state index in [-0.39, 0.29) is 5.92 Å². The molecule has 0 radical (unpaired) electrons. The van der Waals surface area contributed by atoms with Crippen molar-refractivity contribution in [2.45, 2.75) is 33.2 Å². The molecule has 5 nitrogen and oxygen atoms in total.